The predicted octanol–water partition coefficient (Wildman–Crippen LogP) is 1.32. The fourth-order valence-electron chi connectivity index (χ4n) is 2.59. The Kier molecular flexibility index (Phi) is 4.33. The molecule has 0 radical (unpaired) electrons. The molecule has 0 unspecified atom stereocenters. The molecule has 4 nitrogen and oxygen atoms in total. The average molecular weight is 248 g/mol. The van der Waals surface area contributed by atoms with Gasteiger partial charge in [-0.25, -0.2) is 0 Å². The molecule has 1 heterocycles. The maximum atomic E-state index is 10.8. The quantitative estimate of drug-likeness (QED) is 0.844. The van der Waals surface area contributed by atoms with Gasteiger partial charge in [-0.1, -0.05) is 30.3 Å². The first-order valence-corrected chi connectivity index (χ1v) is 6.37. The number of rotatable bonds is 4. The van der Waals surface area contributed by atoms with Crippen molar-refractivity contribution in [3.8, 4) is 0 Å². The fourth-order valence-corrected chi connectivity index (χ4v) is 2.59. The van der Waals surface area contributed by atoms with E-state index in [1.54, 1.807) is 0 Å². The molecule has 0 amide bonds. The highest BCUT2D eigenvalue weighted by Gasteiger charge is 2.25. The van der Waals surface area contributed by atoms with Crippen LogP contribution in [0.5, 0.6) is 0 Å². The third-order valence-corrected chi connectivity index (χ3v) is 3.20. The van der Waals surface area contributed by atoms with Crippen LogP contribution in [0.3, 0.4) is 0 Å². The summed E-state index contributed by atoms with van der Waals surface area (Å²) in [6, 6.07) is 10.7. The summed E-state index contributed by atoms with van der Waals surface area (Å²) < 4.78 is 0. The van der Waals surface area contributed by atoms with Crippen LogP contribution in [0.15, 0.2) is 30.3 Å². The number of piperazine rings is 1. The van der Waals surface area contributed by atoms with Gasteiger partial charge < -0.3 is 10.4 Å². The van der Waals surface area contributed by atoms with Crippen LogP contribution in [0.1, 0.15) is 18.9 Å². The van der Waals surface area contributed by atoms with Crippen molar-refractivity contribution < 1.29 is 9.90 Å². The van der Waals surface area contributed by atoms with Gasteiger partial charge in [0.25, 0.3) is 0 Å². The largest absolute Gasteiger partial charge is 0.481 e. The summed E-state index contributed by atoms with van der Waals surface area (Å²) in [4.78, 5) is 13.1. The molecule has 2 atom stereocenters. The van der Waals surface area contributed by atoms with Crippen LogP contribution < -0.4 is 5.32 Å². The van der Waals surface area contributed by atoms with Crippen molar-refractivity contribution in [2.75, 3.05) is 13.1 Å². The van der Waals surface area contributed by atoms with Gasteiger partial charge in [0.05, 0.1) is 6.42 Å². The number of carboxylic acids is 1. The lowest BCUT2D eigenvalue weighted by Gasteiger charge is -2.37. The Labute approximate surface area is 108 Å². The molecule has 1 aliphatic rings. The van der Waals surface area contributed by atoms with Gasteiger partial charge >= 0.3 is 5.97 Å². The van der Waals surface area contributed by atoms with E-state index in [9.17, 15) is 4.79 Å². The smallest absolute Gasteiger partial charge is 0.304 e. The minimum Gasteiger partial charge on any atom is -0.481 e. The van der Waals surface area contributed by atoms with Crippen molar-refractivity contribution in [1.82, 2.24) is 10.2 Å². The highest BCUT2D eigenvalue weighted by molar-refractivity contribution is 5.67. The lowest BCUT2D eigenvalue weighted by Crippen LogP contribution is -2.55. The Morgan fingerprint density at radius 1 is 1.39 bits per heavy atom. The van der Waals surface area contributed by atoms with Gasteiger partial charge in [-0.3, -0.25) is 9.69 Å². The molecule has 1 aliphatic heterocycles. The molecule has 1 saturated heterocycles. The zero-order valence-corrected chi connectivity index (χ0v) is 10.7. The Hall–Kier alpha value is -1.39. The molecule has 2 N–H and O–H groups in total. The molecule has 0 saturated carbocycles. The second-order valence-corrected chi connectivity index (χ2v) is 5.04. The van der Waals surface area contributed by atoms with Crippen LogP contribution in [-0.2, 0) is 11.3 Å². The van der Waals surface area contributed by atoms with Gasteiger partial charge in [-0.15, -0.1) is 0 Å². The van der Waals surface area contributed by atoms with Crippen molar-refractivity contribution in [2.45, 2.75) is 32.0 Å². The van der Waals surface area contributed by atoms with E-state index in [2.05, 4.69) is 29.3 Å². The number of nitrogens with one attached hydrogen (secondary N) is 1. The Morgan fingerprint density at radius 3 is 2.78 bits per heavy atom. The second-order valence-electron chi connectivity index (χ2n) is 5.04. The Bertz CT molecular complexity index is 394. The number of nitrogens with zero attached hydrogens (tertiary/aromatic N) is 1. The minimum absolute atomic E-state index is 0.0509. The molecular formula is C14H20N2O2. The first kappa shape index (κ1) is 13.1. The van der Waals surface area contributed by atoms with Crippen LogP contribution in [0, 0.1) is 0 Å². The standard InChI is InChI=1S/C14H20N2O2/c1-11-8-16(9-12-5-3-2-4-6-12)10-13(15-11)7-14(17)18/h2-6,11,13,15H,7-10H2,1H3,(H,17,18)/t11-,13+/m1/s1. The Balaban J connectivity index is 1.94. The maximum Gasteiger partial charge on any atom is 0.304 e. The van der Waals surface area contributed by atoms with Crippen molar-refractivity contribution in [1.29, 1.82) is 0 Å². The van der Waals surface area contributed by atoms with Crippen LogP contribution >= 0.6 is 0 Å². The van der Waals surface area contributed by atoms with E-state index in [4.69, 9.17) is 5.11 Å². The third kappa shape index (κ3) is 3.82. The van der Waals surface area contributed by atoms with Crippen molar-refractivity contribution in [3.05, 3.63) is 35.9 Å². The summed E-state index contributed by atoms with van der Waals surface area (Å²) in [5, 5.41) is 12.2. The molecule has 1 aromatic carbocycles. The van der Waals surface area contributed by atoms with Crippen molar-refractivity contribution in [3.63, 3.8) is 0 Å². The highest BCUT2D eigenvalue weighted by Crippen LogP contribution is 2.11. The number of carboxylic acid groups (broad SMARTS) is 1. The number of benzene rings is 1. The molecular weight excluding hydrogens is 228 g/mol. The molecule has 0 spiro atoms. The van der Waals surface area contributed by atoms with E-state index in [1.807, 2.05) is 18.2 Å². The molecule has 1 fully saturated rings. The summed E-state index contributed by atoms with van der Waals surface area (Å²) >= 11 is 0. The van der Waals surface area contributed by atoms with Gasteiger partial charge in [-0.2, -0.15) is 0 Å². The molecule has 0 aromatic heterocycles. The van der Waals surface area contributed by atoms with E-state index < -0.39 is 5.97 Å². The van der Waals surface area contributed by atoms with Crippen LogP contribution in [-0.4, -0.2) is 41.1 Å². The van der Waals surface area contributed by atoms with Gasteiger partial charge in [0.2, 0.25) is 0 Å². The highest BCUT2D eigenvalue weighted by atomic mass is 16.4. The summed E-state index contributed by atoms with van der Waals surface area (Å²) in [6.07, 6.45) is 0.190. The van der Waals surface area contributed by atoms with E-state index in [-0.39, 0.29) is 12.5 Å². The van der Waals surface area contributed by atoms with Gasteiger partial charge in [0.15, 0.2) is 0 Å². The lowest BCUT2D eigenvalue weighted by atomic mass is 10.1. The monoisotopic (exact) mass is 248 g/mol. The van der Waals surface area contributed by atoms with Crippen LogP contribution in [0.2, 0.25) is 0 Å². The van der Waals surface area contributed by atoms with E-state index in [0.717, 1.165) is 19.6 Å². The normalized spacial score (nSPS) is 24.9. The fraction of sp³-hybridized carbons (Fsp3) is 0.500. The van der Waals surface area contributed by atoms with Gasteiger partial charge in [0, 0.05) is 31.7 Å². The maximum absolute atomic E-state index is 10.8. The van der Waals surface area contributed by atoms with Gasteiger partial charge in [-0.05, 0) is 12.5 Å². The van der Waals surface area contributed by atoms with Crippen LogP contribution in [0.25, 0.3) is 0 Å². The molecule has 2 rings (SSSR count). The summed E-state index contributed by atoms with van der Waals surface area (Å²) in [5.41, 5.74) is 1.28. The molecule has 98 valence electrons. The number of aliphatic carboxylic acids is 1. The zero-order chi connectivity index (χ0) is 13.0. The zero-order valence-electron chi connectivity index (χ0n) is 10.7. The first-order chi connectivity index (χ1) is 8.63. The van der Waals surface area contributed by atoms with E-state index in [1.165, 1.54) is 5.56 Å². The Morgan fingerprint density at radius 2 is 2.11 bits per heavy atom. The molecule has 1 aromatic rings. The summed E-state index contributed by atoms with van der Waals surface area (Å²) in [6.45, 7) is 4.76. The topological polar surface area (TPSA) is 52.6 Å². The predicted molar refractivity (Wildman–Crippen MR) is 70.4 cm³/mol. The number of hydrogen-bond donors (Lipinski definition) is 2. The number of carbonyl (C=O) groups is 1. The average Bonchev–Trinajstić information content (AvgIpc) is 2.28. The summed E-state index contributed by atoms with van der Waals surface area (Å²) in [5.74, 6) is -0.735. The minimum atomic E-state index is -0.735. The second kappa shape index (κ2) is 5.98. The molecule has 0 bridgehead atoms. The SMILES string of the molecule is C[C@@H]1CN(Cc2ccccc2)C[C@H](CC(=O)O)N1. The van der Waals surface area contributed by atoms with Crippen molar-refractivity contribution in [2.24, 2.45) is 0 Å². The third-order valence-electron chi connectivity index (χ3n) is 3.20. The van der Waals surface area contributed by atoms with Gasteiger partial charge in [0.1, 0.15) is 0 Å². The first-order valence-electron chi connectivity index (χ1n) is 6.37. The number of hydrogen-bond acceptors (Lipinski definition) is 3. The lowest BCUT2D eigenvalue weighted by molar-refractivity contribution is -0.137. The molecule has 18 heavy (non-hydrogen) atoms. The molecule has 4 heteroatoms. The van der Waals surface area contributed by atoms with E-state index in [0.29, 0.717) is 6.04 Å². The summed E-state index contributed by atoms with van der Waals surface area (Å²) in [7, 11) is 0. The van der Waals surface area contributed by atoms with Crippen molar-refractivity contribution >= 4 is 5.97 Å². The molecule has 0 aliphatic carbocycles. The van der Waals surface area contributed by atoms with Crippen LogP contribution in [0.4, 0.5) is 0 Å². The van der Waals surface area contributed by atoms with E-state index >= 15 is 0 Å².